The monoisotopic (exact) mass is 425 g/mol. The lowest BCUT2D eigenvalue weighted by Gasteiger charge is -2.21. The highest BCUT2D eigenvalue weighted by molar-refractivity contribution is 6.39. The number of benzene rings is 1. The van der Waals surface area contributed by atoms with Crippen LogP contribution in [0.1, 0.15) is 37.6 Å². The van der Waals surface area contributed by atoms with Gasteiger partial charge in [-0.25, -0.2) is 0 Å². The van der Waals surface area contributed by atoms with Crippen molar-refractivity contribution in [2.75, 3.05) is 5.32 Å². The van der Waals surface area contributed by atoms with Crippen LogP contribution in [0.15, 0.2) is 60.9 Å². The zero-order valence-corrected chi connectivity index (χ0v) is 17.6. The summed E-state index contributed by atoms with van der Waals surface area (Å²) in [6.07, 6.45) is 4.12. The standard InChI is InChI=1S/C22H24ClN5O2/c1-15(2)13-19(16-6-8-17(23)9-7-16)25-21(29)22(30)26-20-10-12-28(27-20)14-18-5-3-4-11-24-18/h3-12,15,19H,13-14H2,1-2H3,(H,25,29)(H,26,27,30). The average molecular weight is 426 g/mol. The van der Waals surface area contributed by atoms with E-state index in [9.17, 15) is 9.59 Å². The molecule has 8 heteroatoms. The molecule has 0 saturated carbocycles. The molecule has 0 aliphatic rings. The topological polar surface area (TPSA) is 88.9 Å². The van der Waals surface area contributed by atoms with Crippen molar-refractivity contribution in [2.45, 2.75) is 32.9 Å². The first-order chi connectivity index (χ1) is 14.4. The lowest BCUT2D eigenvalue weighted by Crippen LogP contribution is -2.38. The molecule has 2 amide bonds. The second-order valence-corrected chi connectivity index (χ2v) is 7.82. The van der Waals surface area contributed by atoms with E-state index in [0.29, 0.717) is 29.7 Å². The van der Waals surface area contributed by atoms with E-state index in [4.69, 9.17) is 11.6 Å². The SMILES string of the molecule is CC(C)CC(NC(=O)C(=O)Nc1ccn(Cc2ccccn2)n1)c1ccc(Cl)cc1. The second-order valence-electron chi connectivity index (χ2n) is 7.38. The van der Waals surface area contributed by atoms with Crippen LogP contribution < -0.4 is 10.6 Å². The summed E-state index contributed by atoms with van der Waals surface area (Å²) in [5.74, 6) is -0.843. The van der Waals surface area contributed by atoms with Crippen LogP contribution in [0.2, 0.25) is 5.02 Å². The van der Waals surface area contributed by atoms with Crippen molar-refractivity contribution in [3.05, 3.63) is 77.2 Å². The molecule has 0 radical (unpaired) electrons. The average Bonchev–Trinajstić information content (AvgIpc) is 3.15. The molecule has 0 aliphatic carbocycles. The van der Waals surface area contributed by atoms with Gasteiger partial charge in [-0.1, -0.05) is 43.6 Å². The molecule has 30 heavy (non-hydrogen) atoms. The Morgan fingerprint density at radius 1 is 1.07 bits per heavy atom. The zero-order chi connectivity index (χ0) is 21.5. The van der Waals surface area contributed by atoms with E-state index in [1.165, 1.54) is 0 Å². The van der Waals surface area contributed by atoms with E-state index in [-0.39, 0.29) is 6.04 Å². The van der Waals surface area contributed by atoms with Gasteiger partial charge in [0.15, 0.2) is 5.82 Å². The second kappa shape index (κ2) is 10.0. The molecular weight excluding hydrogens is 402 g/mol. The number of halogens is 1. The number of carbonyl (C=O) groups is 2. The number of pyridine rings is 1. The summed E-state index contributed by atoms with van der Waals surface area (Å²) in [6.45, 7) is 4.59. The number of rotatable bonds is 7. The van der Waals surface area contributed by atoms with Crippen molar-refractivity contribution >= 4 is 29.2 Å². The molecular formula is C22H24ClN5O2. The van der Waals surface area contributed by atoms with Gasteiger partial charge in [-0.3, -0.25) is 19.3 Å². The van der Waals surface area contributed by atoms with Gasteiger partial charge in [0, 0.05) is 23.5 Å². The van der Waals surface area contributed by atoms with Gasteiger partial charge in [-0.15, -0.1) is 0 Å². The molecule has 2 heterocycles. The molecule has 156 valence electrons. The van der Waals surface area contributed by atoms with Crippen molar-refractivity contribution < 1.29 is 9.59 Å². The minimum atomic E-state index is -0.763. The number of aromatic nitrogens is 3. The smallest absolute Gasteiger partial charge is 0.314 e. The molecule has 3 rings (SSSR count). The van der Waals surface area contributed by atoms with Crippen molar-refractivity contribution in [3.63, 3.8) is 0 Å². The maximum absolute atomic E-state index is 12.5. The quantitative estimate of drug-likeness (QED) is 0.563. The van der Waals surface area contributed by atoms with Gasteiger partial charge < -0.3 is 10.6 Å². The van der Waals surface area contributed by atoms with Crippen LogP contribution in [0.25, 0.3) is 0 Å². The first kappa shape index (κ1) is 21.5. The summed E-state index contributed by atoms with van der Waals surface area (Å²) in [6, 6.07) is 14.2. The van der Waals surface area contributed by atoms with Gasteiger partial charge in [0.1, 0.15) is 0 Å². The molecule has 1 unspecified atom stereocenters. The van der Waals surface area contributed by atoms with Gasteiger partial charge in [-0.2, -0.15) is 5.10 Å². The summed E-state index contributed by atoms with van der Waals surface area (Å²) in [5, 5.41) is 10.2. The van der Waals surface area contributed by atoms with Crippen molar-refractivity contribution in [2.24, 2.45) is 5.92 Å². The molecule has 3 aromatic rings. The predicted octanol–water partition coefficient (Wildman–Crippen LogP) is 3.82. The van der Waals surface area contributed by atoms with Gasteiger partial charge in [0.25, 0.3) is 0 Å². The highest BCUT2D eigenvalue weighted by Gasteiger charge is 2.21. The van der Waals surface area contributed by atoms with Crippen LogP contribution in [0.4, 0.5) is 5.82 Å². The lowest BCUT2D eigenvalue weighted by molar-refractivity contribution is -0.136. The van der Waals surface area contributed by atoms with Gasteiger partial charge in [-0.05, 0) is 42.2 Å². The van der Waals surface area contributed by atoms with Crippen LogP contribution in [0, 0.1) is 5.92 Å². The van der Waals surface area contributed by atoms with E-state index in [2.05, 4.69) is 34.6 Å². The molecule has 0 bridgehead atoms. The summed E-state index contributed by atoms with van der Waals surface area (Å²) in [4.78, 5) is 29.1. The van der Waals surface area contributed by atoms with E-state index in [1.54, 1.807) is 35.3 Å². The highest BCUT2D eigenvalue weighted by Crippen LogP contribution is 2.23. The fourth-order valence-electron chi connectivity index (χ4n) is 3.02. The minimum absolute atomic E-state index is 0.290. The molecule has 0 spiro atoms. The summed E-state index contributed by atoms with van der Waals surface area (Å²) in [5.41, 5.74) is 1.74. The largest absolute Gasteiger partial charge is 0.341 e. The van der Waals surface area contributed by atoms with Crippen LogP contribution in [-0.4, -0.2) is 26.6 Å². The molecule has 1 aromatic carbocycles. The first-order valence-corrected chi connectivity index (χ1v) is 10.1. The predicted molar refractivity (Wildman–Crippen MR) is 116 cm³/mol. The Hall–Kier alpha value is -3.19. The first-order valence-electron chi connectivity index (χ1n) is 9.71. The highest BCUT2D eigenvalue weighted by atomic mass is 35.5. The van der Waals surface area contributed by atoms with E-state index >= 15 is 0 Å². The minimum Gasteiger partial charge on any atom is -0.341 e. The molecule has 2 N–H and O–H groups in total. The normalized spacial score (nSPS) is 11.9. The third kappa shape index (κ3) is 6.15. The molecule has 2 aromatic heterocycles. The molecule has 0 fully saturated rings. The molecule has 0 aliphatic heterocycles. The fourth-order valence-corrected chi connectivity index (χ4v) is 3.14. The van der Waals surface area contributed by atoms with E-state index in [1.807, 2.05) is 30.3 Å². The van der Waals surface area contributed by atoms with E-state index in [0.717, 1.165) is 11.3 Å². The number of carbonyl (C=O) groups excluding carboxylic acids is 2. The van der Waals surface area contributed by atoms with Gasteiger partial charge in [0.05, 0.1) is 18.3 Å². The Labute approximate surface area is 180 Å². The van der Waals surface area contributed by atoms with Gasteiger partial charge in [0.2, 0.25) is 0 Å². The number of hydrogen-bond donors (Lipinski definition) is 2. The molecule has 0 saturated heterocycles. The summed E-state index contributed by atoms with van der Waals surface area (Å²) < 4.78 is 1.64. The zero-order valence-electron chi connectivity index (χ0n) is 16.9. The maximum atomic E-state index is 12.5. The third-order valence-electron chi connectivity index (χ3n) is 4.42. The van der Waals surface area contributed by atoms with Crippen LogP contribution in [-0.2, 0) is 16.1 Å². The molecule has 7 nitrogen and oxygen atoms in total. The fraction of sp³-hybridized carbons (Fsp3) is 0.273. The lowest BCUT2D eigenvalue weighted by atomic mass is 9.97. The number of anilines is 1. The Bertz CT molecular complexity index is 986. The number of amides is 2. The van der Waals surface area contributed by atoms with Crippen LogP contribution >= 0.6 is 11.6 Å². The Morgan fingerprint density at radius 2 is 1.83 bits per heavy atom. The maximum Gasteiger partial charge on any atom is 0.314 e. The number of nitrogens with one attached hydrogen (secondary N) is 2. The van der Waals surface area contributed by atoms with Gasteiger partial charge >= 0.3 is 11.8 Å². The van der Waals surface area contributed by atoms with Crippen molar-refractivity contribution in [3.8, 4) is 0 Å². The number of hydrogen-bond acceptors (Lipinski definition) is 4. The summed E-state index contributed by atoms with van der Waals surface area (Å²) >= 11 is 5.96. The summed E-state index contributed by atoms with van der Waals surface area (Å²) in [7, 11) is 0. The molecule has 1 atom stereocenters. The van der Waals surface area contributed by atoms with E-state index < -0.39 is 11.8 Å². The Morgan fingerprint density at radius 3 is 2.50 bits per heavy atom. The van der Waals surface area contributed by atoms with Crippen molar-refractivity contribution in [1.82, 2.24) is 20.1 Å². The van der Waals surface area contributed by atoms with Crippen LogP contribution in [0.3, 0.4) is 0 Å². The number of nitrogens with zero attached hydrogens (tertiary/aromatic N) is 3. The van der Waals surface area contributed by atoms with Crippen molar-refractivity contribution in [1.29, 1.82) is 0 Å². The third-order valence-corrected chi connectivity index (χ3v) is 4.68. The Kier molecular flexibility index (Phi) is 7.19. The van der Waals surface area contributed by atoms with Crippen LogP contribution in [0.5, 0.6) is 0 Å². The Balaban J connectivity index is 1.61.